The zero-order chi connectivity index (χ0) is 16.4. The fraction of sp³-hybridized carbons (Fsp3) is 0.250. The Morgan fingerprint density at radius 2 is 1.83 bits per heavy atom. The Morgan fingerprint density at radius 1 is 1.09 bits per heavy atom. The second kappa shape index (κ2) is 6.37. The largest absolute Gasteiger partial charge is 0.320 e. The number of hydrogen-bond acceptors (Lipinski definition) is 5. The van der Waals surface area contributed by atoms with Crippen LogP contribution in [0.4, 0.5) is 21.5 Å². The van der Waals surface area contributed by atoms with Crippen LogP contribution in [0.5, 0.6) is 0 Å². The Kier molecular flexibility index (Phi) is 4.45. The van der Waals surface area contributed by atoms with Gasteiger partial charge < -0.3 is 5.32 Å². The first-order chi connectivity index (χ1) is 11.1. The number of para-hydroxylation sites is 1. The van der Waals surface area contributed by atoms with Gasteiger partial charge in [0.1, 0.15) is 5.82 Å². The maximum Gasteiger partial charge on any atom is 0.125 e. The fourth-order valence-electron chi connectivity index (χ4n) is 2.72. The minimum absolute atomic E-state index is 0.406. The van der Waals surface area contributed by atoms with Crippen LogP contribution in [0.1, 0.15) is 6.42 Å². The summed E-state index contributed by atoms with van der Waals surface area (Å²) in [5.41, 5.74) is 1.72. The number of halogens is 1. The van der Waals surface area contributed by atoms with Gasteiger partial charge in [0.2, 0.25) is 0 Å². The van der Waals surface area contributed by atoms with Gasteiger partial charge in [-0.25, -0.2) is 8.70 Å². The summed E-state index contributed by atoms with van der Waals surface area (Å²) in [5, 5.41) is 3.04. The summed E-state index contributed by atoms with van der Waals surface area (Å²) in [4.78, 5) is 0. The Balaban J connectivity index is 2.05. The van der Waals surface area contributed by atoms with Crippen LogP contribution < -0.4 is 13.9 Å². The van der Waals surface area contributed by atoms with Gasteiger partial charge in [-0.2, -0.15) is 0 Å². The molecular weight excluding hydrogens is 317 g/mol. The maximum atomic E-state index is 13.7. The van der Waals surface area contributed by atoms with E-state index in [0.29, 0.717) is 23.6 Å². The van der Waals surface area contributed by atoms with E-state index >= 15 is 0 Å². The first kappa shape index (κ1) is 16.1. The molecule has 0 spiro atoms. The predicted molar refractivity (Wildman–Crippen MR) is 93.7 cm³/mol. The molecule has 0 amide bonds. The van der Waals surface area contributed by atoms with Crippen molar-refractivity contribution in [2.75, 3.05) is 28.7 Å². The second-order valence-corrected chi connectivity index (χ2v) is 7.10. The van der Waals surface area contributed by atoms with Crippen molar-refractivity contribution in [3.63, 3.8) is 0 Å². The normalized spacial score (nSPS) is 17.2. The van der Waals surface area contributed by atoms with Crippen molar-refractivity contribution in [1.29, 1.82) is 0 Å². The summed E-state index contributed by atoms with van der Waals surface area (Å²) in [7, 11) is -1.42. The lowest BCUT2D eigenvalue weighted by Gasteiger charge is -2.43. The molecule has 23 heavy (non-hydrogen) atoms. The van der Waals surface area contributed by atoms with Crippen molar-refractivity contribution >= 4 is 28.0 Å². The monoisotopic (exact) mass is 337 g/mol. The number of nitrogens with zero attached hydrogens (tertiary/aromatic N) is 2. The molecule has 0 atom stereocenters. The zero-order valence-electron chi connectivity index (χ0n) is 12.8. The number of nitrogens with one attached hydrogen (secondary N) is 1. The van der Waals surface area contributed by atoms with Crippen LogP contribution in [-0.4, -0.2) is 29.2 Å². The van der Waals surface area contributed by atoms with Crippen molar-refractivity contribution < 1.29 is 13.5 Å². The molecule has 0 saturated carbocycles. The molecule has 0 bridgehead atoms. The molecule has 0 aliphatic carbocycles. The molecule has 7 heteroatoms. The van der Waals surface area contributed by atoms with Crippen molar-refractivity contribution in [2.45, 2.75) is 6.42 Å². The number of anilines is 3. The van der Waals surface area contributed by atoms with E-state index in [2.05, 4.69) is 5.32 Å². The average Bonchev–Trinajstić information content (AvgIpc) is 2.75. The lowest BCUT2D eigenvalue weighted by molar-refractivity contribution is 0.483. The van der Waals surface area contributed by atoms with Crippen LogP contribution in [-0.2, 0) is 0 Å². The third-order valence-corrected chi connectivity index (χ3v) is 5.61. The van der Waals surface area contributed by atoms with E-state index in [4.69, 9.17) is 0 Å². The van der Waals surface area contributed by atoms with E-state index in [1.54, 1.807) is 22.5 Å². The summed E-state index contributed by atoms with van der Waals surface area (Å²) < 4.78 is 38.4. The van der Waals surface area contributed by atoms with Crippen LogP contribution in [0.2, 0.25) is 0 Å². The number of fused-ring (bicyclic) bond motifs is 1. The summed E-state index contributed by atoms with van der Waals surface area (Å²) >= 11 is 0. The van der Waals surface area contributed by atoms with Crippen LogP contribution in [0.25, 0.3) is 0 Å². The summed E-state index contributed by atoms with van der Waals surface area (Å²) in [6.07, 6.45) is 0.742. The van der Waals surface area contributed by atoms with Gasteiger partial charge in [-0.05, 0) is 55.2 Å². The molecule has 0 radical (unpaired) electrons. The van der Waals surface area contributed by atoms with Gasteiger partial charge >= 0.3 is 0 Å². The van der Waals surface area contributed by atoms with Gasteiger partial charge in [-0.1, -0.05) is 18.2 Å². The molecule has 2 aromatic rings. The zero-order valence-corrected chi connectivity index (χ0v) is 13.6. The molecule has 1 aliphatic heterocycles. The maximum absolute atomic E-state index is 13.7. The quantitative estimate of drug-likeness (QED) is 0.721. The number of benzene rings is 2. The third-order valence-electron chi connectivity index (χ3n) is 3.74. The molecule has 2 aromatic carbocycles. The standard InChI is InChI=1S/C16H20FN3O2S/c1-18-10-5-11-19-15-9-8-13(17)12-16(15)20(23(19,21)22)14-6-3-2-4-7-14/h2-4,6-9,12,18,21-22H,5,10-11H2,1H3. The smallest absolute Gasteiger partial charge is 0.125 e. The average molecular weight is 337 g/mol. The van der Waals surface area contributed by atoms with Gasteiger partial charge in [0, 0.05) is 12.6 Å². The Morgan fingerprint density at radius 3 is 2.52 bits per heavy atom. The summed E-state index contributed by atoms with van der Waals surface area (Å²) in [6, 6.07) is 13.3. The lowest BCUT2D eigenvalue weighted by atomic mass is 10.2. The van der Waals surface area contributed by atoms with Crippen LogP contribution in [0.3, 0.4) is 0 Å². The first-order valence-corrected chi connectivity index (χ1v) is 8.87. The topological polar surface area (TPSA) is 59.0 Å². The van der Waals surface area contributed by atoms with Crippen molar-refractivity contribution in [1.82, 2.24) is 5.32 Å². The Bertz CT molecular complexity index is 684. The van der Waals surface area contributed by atoms with Gasteiger partial charge in [-0.3, -0.25) is 13.4 Å². The molecule has 124 valence electrons. The fourth-order valence-corrected chi connectivity index (χ4v) is 4.52. The van der Waals surface area contributed by atoms with E-state index in [-0.39, 0.29) is 0 Å². The number of rotatable bonds is 5. The highest BCUT2D eigenvalue weighted by molar-refractivity contribution is 8.27. The van der Waals surface area contributed by atoms with E-state index in [0.717, 1.165) is 13.0 Å². The van der Waals surface area contributed by atoms with E-state index in [1.165, 1.54) is 16.4 Å². The van der Waals surface area contributed by atoms with Crippen molar-refractivity contribution in [3.8, 4) is 0 Å². The van der Waals surface area contributed by atoms with Crippen LogP contribution in [0, 0.1) is 5.82 Å². The molecular formula is C16H20FN3O2S. The SMILES string of the molecule is CNCCCN1c2ccc(F)cc2N(c2ccccc2)S1(O)O. The van der Waals surface area contributed by atoms with Gasteiger partial charge in [-0.15, -0.1) is 0 Å². The first-order valence-electron chi connectivity index (χ1n) is 7.41. The van der Waals surface area contributed by atoms with Gasteiger partial charge in [0.15, 0.2) is 0 Å². The molecule has 3 rings (SSSR count). The molecule has 0 saturated heterocycles. The molecule has 1 heterocycles. The van der Waals surface area contributed by atoms with Crippen LogP contribution in [0.15, 0.2) is 48.5 Å². The van der Waals surface area contributed by atoms with E-state index in [1.807, 2.05) is 25.2 Å². The Hall–Kier alpha value is -1.80. The molecule has 1 aliphatic rings. The molecule has 0 aromatic heterocycles. The highest BCUT2D eigenvalue weighted by Gasteiger charge is 2.41. The van der Waals surface area contributed by atoms with Crippen LogP contribution >= 0.6 is 11.0 Å². The van der Waals surface area contributed by atoms with Gasteiger partial charge in [0.05, 0.1) is 17.1 Å². The van der Waals surface area contributed by atoms with Crippen molar-refractivity contribution in [2.24, 2.45) is 0 Å². The molecule has 3 N–H and O–H groups in total. The van der Waals surface area contributed by atoms with E-state index < -0.39 is 16.8 Å². The molecule has 0 fully saturated rings. The summed E-state index contributed by atoms with van der Waals surface area (Å²) in [5.74, 6) is -0.406. The minimum Gasteiger partial charge on any atom is -0.320 e. The highest BCUT2D eigenvalue weighted by atomic mass is 32.3. The Labute approximate surface area is 137 Å². The molecule has 0 unspecified atom stereocenters. The third kappa shape index (κ3) is 2.88. The minimum atomic E-state index is -3.27. The summed E-state index contributed by atoms with van der Waals surface area (Å²) in [6.45, 7) is 1.22. The molecule has 5 nitrogen and oxygen atoms in total. The lowest BCUT2D eigenvalue weighted by Crippen LogP contribution is -2.32. The van der Waals surface area contributed by atoms with Crippen molar-refractivity contribution in [3.05, 3.63) is 54.3 Å². The number of hydrogen-bond donors (Lipinski definition) is 3. The predicted octanol–water partition coefficient (Wildman–Crippen LogP) is 3.97. The van der Waals surface area contributed by atoms with Gasteiger partial charge in [0.25, 0.3) is 0 Å². The van der Waals surface area contributed by atoms with E-state index in [9.17, 15) is 13.5 Å². The highest BCUT2D eigenvalue weighted by Crippen LogP contribution is 2.64. The second-order valence-electron chi connectivity index (χ2n) is 5.31.